The molecule has 0 amide bonds. The zero-order valence-corrected chi connectivity index (χ0v) is 19.5. The maximum atomic E-state index is 6.48. The first-order valence-corrected chi connectivity index (χ1v) is 13.0. The number of alkyl halides is 1. The summed E-state index contributed by atoms with van der Waals surface area (Å²) in [4.78, 5) is 0. The number of benzene rings is 1. The molecule has 0 radical (unpaired) electrons. The molecule has 1 aromatic carbocycles. The summed E-state index contributed by atoms with van der Waals surface area (Å²) in [5.41, 5.74) is 1.27. The quantitative estimate of drug-likeness (QED) is 0.149. The van der Waals surface area contributed by atoms with Crippen LogP contribution in [0.25, 0.3) is 0 Å². The molecule has 28 heavy (non-hydrogen) atoms. The normalized spacial score (nSPS) is 12.4. The SMILES string of the molecule is CCCCCCCCCCCCCCCCCCCCC(Cl)c1ccccc1. The van der Waals surface area contributed by atoms with Crippen molar-refractivity contribution in [1.82, 2.24) is 0 Å². The molecule has 1 unspecified atom stereocenters. The lowest BCUT2D eigenvalue weighted by molar-refractivity contribution is 0.523. The van der Waals surface area contributed by atoms with Crippen LogP contribution >= 0.6 is 11.6 Å². The van der Waals surface area contributed by atoms with Crippen LogP contribution in [0.5, 0.6) is 0 Å². The van der Waals surface area contributed by atoms with E-state index in [0.29, 0.717) is 0 Å². The lowest BCUT2D eigenvalue weighted by Crippen LogP contribution is -1.90. The Kier molecular flexibility index (Phi) is 18.1. The average molecular weight is 407 g/mol. The first-order chi connectivity index (χ1) is 13.8. The molecule has 0 aliphatic heterocycles. The van der Waals surface area contributed by atoms with Crippen LogP contribution in [0.3, 0.4) is 0 Å². The van der Waals surface area contributed by atoms with Gasteiger partial charge >= 0.3 is 0 Å². The van der Waals surface area contributed by atoms with Gasteiger partial charge in [0.25, 0.3) is 0 Å². The van der Waals surface area contributed by atoms with Crippen molar-refractivity contribution in [2.75, 3.05) is 0 Å². The Morgan fingerprint density at radius 2 is 0.893 bits per heavy atom. The second-order valence-corrected chi connectivity index (χ2v) is 9.20. The Hall–Kier alpha value is -0.490. The second kappa shape index (κ2) is 19.8. The summed E-state index contributed by atoms with van der Waals surface area (Å²) in [7, 11) is 0. The molecule has 0 fully saturated rings. The van der Waals surface area contributed by atoms with Gasteiger partial charge in [-0.1, -0.05) is 153 Å². The number of hydrogen-bond donors (Lipinski definition) is 0. The van der Waals surface area contributed by atoms with Gasteiger partial charge in [-0.3, -0.25) is 0 Å². The summed E-state index contributed by atoms with van der Waals surface area (Å²) in [5.74, 6) is 0. The van der Waals surface area contributed by atoms with Gasteiger partial charge in [-0.25, -0.2) is 0 Å². The maximum Gasteiger partial charge on any atom is 0.0585 e. The molecular weight excluding hydrogens is 360 g/mol. The smallest absolute Gasteiger partial charge is 0.0585 e. The van der Waals surface area contributed by atoms with Crippen LogP contribution in [-0.2, 0) is 0 Å². The average Bonchev–Trinajstić information content (AvgIpc) is 2.73. The monoisotopic (exact) mass is 406 g/mol. The molecule has 0 saturated carbocycles. The largest absolute Gasteiger partial charge is 0.118 e. The summed E-state index contributed by atoms with van der Waals surface area (Å²) in [5, 5.41) is 0.197. The van der Waals surface area contributed by atoms with Crippen molar-refractivity contribution >= 4 is 11.6 Å². The third kappa shape index (κ3) is 15.4. The van der Waals surface area contributed by atoms with Crippen molar-refractivity contribution in [2.24, 2.45) is 0 Å². The van der Waals surface area contributed by atoms with Gasteiger partial charge in [0.1, 0.15) is 0 Å². The predicted molar refractivity (Wildman–Crippen MR) is 128 cm³/mol. The minimum atomic E-state index is 0.197. The van der Waals surface area contributed by atoms with Crippen LogP contribution < -0.4 is 0 Å². The summed E-state index contributed by atoms with van der Waals surface area (Å²) in [6, 6.07) is 10.5. The fourth-order valence-corrected chi connectivity index (χ4v) is 4.35. The molecule has 162 valence electrons. The van der Waals surface area contributed by atoms with Crippen molar-refractivity contribution < 1.29 is 0 Å². The molecule has 1 aromatic rings. The van der Waals surface area contributed by atoms with Gasteiger partial charge in [0, 0.05) is 0 Å². The van der Waals surface area contributed by atoms with Crippen LogP contribution in [0, 0.1) is 0 Å². The van der Waals surface area contributed by atoms with Crippen LogP contribution in [0.2, 0.25) is 0 Å². The highest BCUT2D eigenvalue weighted by atomic mass is 35.5. The van der Waals surface area contributed by atoms with E-state index in [2.05, 4.69) is 37.3 Å². The van der Waals surface area contributed by atoms with Gasteiger partial charge in [0.15, 0.2) is 0 Å². The van der Waals surface area contributed by atoms with Crippen LogP contribution in [0.1, 0.15) is 140 Å². The van der Waals surface area contributed by atoms with Gasteiger partial charge in [0.2, 0.25) is 0 Å². The minimum Gasteiger partial charge on any atom is -0.118 e. The highest BCUT2D eigenvalue weighted by Gasteiger charge is 2.06. The summed E-state index contributed by atoms with van der Waals surface area (Å²) in [6.45, 7) is 2.30. The topological polar surface area (TPSA) is 0 Å². The molecule has 0 aromatic heterocycles. The highest BCUT2D eigenvalue weighted by Crippen LogP contribution is 2.26. The van der Waals surface area contributed by atoms with E-state index in [4.69, 9.17) is 11.6 Å². The van der Waals surface area contributed by atoms with Crippen molar-refractivity contribution in [3.63, 3.8) is 0 Å². The van der Waals surface area contributed by atoms with Crippen LogP contribution in [0.15, 0.2) is 30.3 Å². The number of halogens is 1. The number of unbranched alkanes of at least 4 members (excludes halogenated alkanes) is 17. The molecule has 1 heteroatoms. The summed E-state index contributed by atoms with van der Waals surface area (Å²) < 4.78 is 0. The molecule has 0 bridgehead atoms. The Morgan fingerprint density at radius 3 is 1.29 bits per heavy atom. The third-order valence-corrected chi connectivity index (χ3v) is 6.44. The molecule has 0 aliphatic rings. The Balaban J connectivity index is 1.73. The molecule has 0 nitrogen and oxygen atoms in total. The van der Waals surface area contributed by atoms with E-state index in [-0.39, 0.29) is 5.38 Å². The van der Waals surface area contributed by atoms with E-state index in [0.717, 1.165) is 6.42 Å². The molecule has 0 aliphatic carbocycles. The minimum absolute atomic E-state index is 0.197. The fourth-order valence-electron chi connectivity index (χ4n) is 4.05. The molecule has 0 spiro atoms. The number of hydrogen-bond acceptors (Lipinski definition) is 0. The van der Waals surface area contributed by atoms with Crippen LogP contribution in [0.4, 0.5) is 0 Å². The van der Waals surface area contributed by atoms with E-state index >= 15 is 0 Å². The molecule has 0 heterocycles. The maximum absolute atomic E-state index is 6.48. The van der Waals surface area contributed by atoms with Crippen molar-refractivity contribution in [3.05, 3.63) is 35.9 Å². The lowest BCUT2D eigenvalue weighted by atomic mass is 10.0. The standard InChI is InChI=1S/C27H47Cl/c1-2-3-4-5-6-7-8-9-10-11-12-13-14-15-16-17-18-22-25-27(28)26-23-20-19-21-24-26/h19-21,23-24,27H,2-18,22,25H2,1H3. The molecule has 1 atom stereocenters. The van der Waals surface area contributed by atoms with Gasteiger partial charge < -0.3 is 0 Å². The predicted octanol–water partition coefficient (Wildman–Crippen LogP) is 10.4. The lowest BCUT2D eigenvalue weighted by Gasteiger charge is -2.09. The van der Waals surface area contributed by atoms with E-state index in [1.807, 2.05) is 0 Å². The fraction of sp³-hybridized carbons (Fsp3) is 0.778. The highest BCUT2D eigenvalue weighted by molar-refractivity contribution is 6.20. The van der Waals surface area contributed by atoms with E-state index < -0.39 is 0 Å². The molecule has 1 rings (SSSR count). The van der Waals surface area contributed by atoms with Crippen molar-refractivity contribution in [2.45, 2.75) is 134 Å². The molecule has 0 N–H and O–H groups in total. The van der Waals surface area contributed by atoms with Crippen molar-refractivity contribution in [3.8, 4) is 0 Å². The summed E-state index contributed by atoms with van der Waals surface area (Å²) in [6.07, 6.45) is 26.8. The van der Waals surface area contributed by atoms with Crippen molar-refractivity contribution in [1.29, 1.82) is 0 Å². The number of rotatable bonds is 20. The van der Waals surface area contributed by atoms with Gasteiger partial charge in [-0.2, -0.15) is 0 Å². The molecular formula is C27H47Cl. The molecule has 0 saturated heterocycles. The van der Waals surface area contributed by atoms with Gasteiger partial charge in [-0.05, 0) is 12.0 Å². The Morgan fingerprint density at radius 1 is 0.536 bits per heavy atom. The van der Waals surface area contributed by atoms with E-state index in [1.165, 1.54) is 121 Å². The first-order valence-electron chi connectivity index (χ1n) is 12.5. The second-order valence-electron chi connectivity index (χ2n) is 8.68. The first kappa shape index (κ1) is 25.5. The van der Waals surface area contributed by atoms with Gasteiger partial charge in [-0.15, -0.1) is 11.6 Å². The zero-order chi connectivity index (χ0) is 20.1. The van der Waals surface area contributed by atoms with Gasteiger partial charge in [0.05, 0.1) is 5.38 Å². The van der Waals surface area contributed by atoms with E-state index in [1.54, 1.807) is 0 Å². The summed E-state index contributed by atoms with van der Waals surface area (Å²) >= 11 is 6.48. The Labute approximate surface area is 181 Å². The van der Waals surface area contributed by atoms with E-state index in [9.17, 15) is 0 Å². The van der Waals surface area contributed by atoms with Crippen LogP contribution in [-0.4, -0.2) is 0 Å². The third-order valence-electron chi connectivity index (χ3n) is 5.97. The Bertz CT molecular complexity index is 414. The zero-order valence-electron chi connectivity index (χ0n) is 18.8.